The summed E-state index contributed by atoms with van der Waals surface area (Å²) in [5.41, 5.74) is 2.45. The molecule has 1 aromatic heterocycles. The lowest BCUT2D eigenvalue weighted by molar-refractivity contribution is -0.147. The van der Waals surface area contributed by atoms with E-state index in [-0.39, 0.29) is 19.0 Å². The number of carbonyl (C=O) groups excluding carboxylic acids is 1. The van der Waals surface area contributed by atoms with E-state index < -0.39 is 12.2 Å². The van der Waals surface area contributed by atoms with E-state index in [1.165, 1.54) is 0 Å². The minimum atomic E-state index is -0.689. The first-order valence-electron chi connectivity index (χ1n) is 11.3. The molecule has 2 aliphatic rings. The van der Waals surface area contributed by atoms with Gasteiger partial charge < -0.3 is 18.9 Å². The minimum absolute atomic E-state index is 0.00114. The van der Waals surface area contributed by atoms with Gasteiger partial charge in [-0.2, -0.15) is 0 Å². The molecule has 1 aliphatic carbocycles. The molecule has 0 unspecified atom stereocenters. The van der Waals surface area contributed by atoms with Gasteiger partial charge in [0, 0.05) is 22.1 Å². The Balaban J connectivity index is 1.72. The number of para-hydroxylation sites is 1. The molecule has 1 fully saturated rings. The molecule has 8 nitrogen and oxygen atoms in total. The van der Waals surface area contributed by atoms with Crippen molar-refractivity contribution in [2.24, 2.45) is 0 Å². The number of hydrogen-bond acceptors (Lipinski definition) is 7. The van der Waals surface area contributed by atoms with E-state index in [1.807, 2.05) is 41.0 Å². The van der Waals surface area contributed by atoms with Crippen molar-refractivity contribution in [3.63, 3.8) is 0 Å². The third-order valence-corrected chi connectivity index (χ3v) is 6.37. The van der Waals surface area contributed by atoms with Crippen molar-refractivity contribution in [3.05, 3.63) is 64.2 Å². The Morgan fingerprint density at radius 3 is 2.62 bits per heavy atom. The number of esters is 1. The molecule has 34 heavy (non-hydrogen) atoms. The predicted octanol–water partition coefficient (Wildman–Crippen LogP) is 4.93. The fourth-order valence-electron chi connectivity index (χ4n) is 4.48. The Morgan fingerprint density at radius 2 is 1.91 bits per heavy atom. The van der Waals surface area contributed by atoms with Crippen molar-refractivity contribution < 1.29 is 23.7 Å². The van der Waals surface area contributed by atoms with Crippen molar-refractivity contribution in [2.45, 2.75) is 44.3 Å². The van der Waals surface area contributed by atoms with Crippen LogP contribution in [0.1, 0.15) is 67.1 Å². The summed E-state index contributed by atoms with van der Waals surface area (Å²) in [6, 6.07) is 11.3. The van der Waals surface area contributed by atoms with E-state index in [0.717, 1.165) is 35.5 Å². The SMILES string of the molecule is CCOC(=O)C[C@H]1O[C@H](c2cccc(OC)c2OC)c2cc(Cl)ccc2-n2c(C3CC3)nnc21. The lowest BCUT2D eigenvalue weighted by Gasteiger charge is -2.24. The maximum absolute atomic E-state index is 12.6. The fourth-order valence-corrected chi connectivity index (χ4v) is 4.66. The average molecular weight is 484 g/mol. The quantitative estimate of drug-likeness (QED) is 0.440. The second kappa shape index (κ2) is 9.27. The molecule has 0 amide bonds. The zero-order chi connectivity index (χ0) is 23.8. The third-order valence-electron chi connectivity index (χ3n) is 6.13. The monoisotopic (exact) mass is 483 g/mol. The number of fused-ring (bicyclic) bond motifs is 3. The van der Waals surface area contributed by atoms with Crippen molar-refractivity contribution >= 4 is 17.6 Å². The number of carbonyl (C=O) groups is 1. The van der Waals surface area contributed by atoms with Crippen LogP contribution in [0.5, 0.6) is 11.5 Å². The van der Waals surface area contributed by atoms with Gasteiger partial charge in [-0.25, -0.2) is 0 Å². The van der Waals surface area contributed by atoms with Crippen molar-refractivity contribution in [1.29, 1.82) is 0 Å². The van der Waals surface area contributed by atoms with Crippen LogP contribution >= 0.6 is 11.6 Å². The van der Waals surface area contributed by atoms with E-state index >= 15 is 0 Å². The topological polar surface area (TPSA) is 84.7 Å². The summed E-state index contributed by atoms with van der Waals surface area (Å²) in [7, 11) is 3.18. The van der Waals surface area contributed by atoms with Gasteiger partial charge in [-0.3, -0.25) is 9.36 Å². The first-order chi connectivity index (χ1) is 16.5. The standard InChI is InChI=1S/C25H26ClN3O5/c1-4-33-21(30)13-20-25-28-27-24(14-8-9-14)29(25)18-11-10-15(26)12-17(18)22(34-20)16-6-5-7-19(31-2)23(16)32-3/h5-7,10-12,14,20,22H,4,8-9,13H2,1-3H3/t20-,22-/m1/s1. The fraction of sp³-hybridized carbons (Fsp3) is 0.400. The maximum Gasteiger partial charge on any atom is 0.308 e. The van der Waals surface area contributed by atoms with Gasteiger partial charge in [0.2, 0.25) is 0 Å². The highest BCUT2D eigenvalue weighted by molar-refractivity contribution is 6.30. The number of methoxy groups -OCH3 is 2. The normalized spacial score (nSPS) is 19.1. The van der Waals surface area contributed by atoms with E-state index in [9.17, 15) is 4.79 Å². The molecule has 178 valence electrons. The van der Waals surface area contributed by atoms with Gasteiger partial charge in [0.05, 0.1) is 32.9 Å². The maximum atomic E-state index is 12.6. The number of aromatic nitrogens is 3. The summed E-state index contributed by atoms with van der Waals surface area (Å²) in [6.45, 7) is 2.07. The number of benzene rings is 2. The van der Waals surface area contributed by atoms with Crippen LogP contribution in [0, 0.1) is 0 Å². The minimum Gasteiger partial charge on any atom is -0.493 e. The lowest BCUT2D eigenvalue weighted by atomic mass is 9.98. The number of rotatable bonds is 7. The second-order valence-corrected chi connectivity index (χ2v) is 8.76. The zero-order valence-corrected chi connectivity index (χ0v) is 20.0. The average Bonchev–Trinajstić information content (AvgIpc) is 3.61. The molecule has 0 bridgehead atoms. The highest BCUT2D eigenvalue weighted by Crippen LogP contribution is 2.48. The van der Waals surface area contributed by atoms with Gasteiger partial charge in [-0.1, -0.05) is 23.7 Å². The molecule has 5 rings (SSSR count). The van der Waals surface area contributed by atoms with Crippen molar-refractivity contribution in [1.82, 2.24) is 14.8 Å². The Kier molecular flexibility index (Phi) is 6.18. The Bertz CT molecular complexity index is 1220. The predicted molar refractivity (Wildman–Crippen MR) is 125 cm³/mol. The molecule has 3 aromatic rings. The molecule has 0 N–H and O–H groups in total. The van der Waals surface area contributed by atoms with E-state index in [1.54, 1.807) is 21.1 Å². The van der Waals surface area contributed by atoms with Gasteiger partial charge >= 0.3 is 5.97 Å². The van der Waals surface area contributed by atoms with Crippen LogP contribution in [-0.2, 0) is 14.3 Å². The van der Waals surface area contributed by atoms with Crippen LogP contribution in [-0.4, -0.2) is 41.6 Å². The summed E-state index contributed by atoms with van der Waals surface area (Å²) >= 11 is 6.47. The van der Waals surface area contributed by atoms with Gasteiger partial charge in [-0.15, -0.1) is 10.2 Å². The first-order valence-corrected chi connectivity index (χ1v) is 11.7. The first kappa shape index (κ1) is 22.7. The van der Waals surface area contributed by atoms with Crippen LogP contribution < -0.4 is 9.47 Å². The molecule has 0 radical (unpaired) electrons. The summed E-state index contributed by atoms with van der Waals surface area (Å²) < 4.78 is 25.2. The Hall–Kier alpha value is -3.10. The highest BCUT2D eigenvalue weighted by atomic mass is 35.5. The third kappa shape index (κ3) is 4.01. The Labute approximate surface area is 202 Å². The highest BCUT2D eigenvalue weighted by Gasteiger charge is 2.39. The number of nitrogens with zero attached hydrogens (tertiary/aromatic N) is 3. The number of hydrogen-bond donors (Lipinski definition) is 0. The van der Waals surface area contributed by atoms with E-state index in [0.29, 0.717) is 28.3 Å². The molecule has 2 atom stereocenters. The van der Waals surface area contributed by atoms with Crippen LogP contribution in [0.25, 0.3) is 5.69 Å². The lowest BCUT2D eigenvalue weighted by Crippen LogP contribution is -2.17. The Morgan fingerprint density at radius 1 is 1.12 bits per heavy atom. The van der Waals surface area contributed by atoms with Crippen LogP contribution in [0.3, 0.4) is 0 Å². The van der Waals surface area contributed by atoms with Gasteiger partial charge in [0.15, 0.2) is 17.3 Å². The van der Waals surface area contributed by atoms with Crippen LogP contribution in [0.4, 0.5) is 0 Å². The van der Waals surface area contributed by atoms with Gasteiger partial charge in [0.25, 0.3) is 0 Å². The summed E-state index contributed by atoms with van der Waals surface area (Å²) in [5.74, 6) is 2.54. The molecule has 1 saturated carbocycles. The smallest absolute Gasteiger partial charge is 0.308 e. The van der Waals surface area contributed by atoms with Gasteiger partial charge in [0.1, 0.15) is 18.0 Å². The summed E-state index contributed by atoms with van der Waals surface area (Å²) in [6.07, 6.45) is 0.814. The molecule has 1 aliphatic heterocycles. The zero-order valence-electron chi connectivity index (χ0n) is 19.3. The van der Waals surface area contributed by atoms with Crippen LogP contribution in [0.2, 0.25) is 5.02 Å². The summed E-state index contributed by atoms with van der Waals surface area (Å²) in [4.78, 5) is 12.6. The summed E-state index contributed by atoms with van der Waals surface area (Å²) in [5, 5.41) is 9.55. The molecule has 9 heteroatoms. The van der Waals surface area contributed by atoms with E-state index in [4.69, 9.17) is 30.5 Å². The van der Waals surface area contributed by atoms with Gasteiger partial charge in [-0.05, 0) is 44.0 Å². The molecule has 2 aromatic carbocycles. The number of ether oxygens (including phenoxy) is 4. The molecule has 0 spiro atoms. The molecule has 0 saturated heterocycles. The molecular formula is C25H26ClN3O5. The second-order valence-electron chi connectivity index (χ2n) is 8.33. The van der Waals surface area contributed by atoms with Crippen molar-refractivity contribution in [3.8, 4) is 17.2 Å². The molecule has 2 heterocycles. The van der Waals surface area contributed by atoms with Crippen LogP contribution in [0.15, 0.2) is 36.4 Å². The number of halogens is 1. The van der Waals surface area contributed by atoms with E-state index in [2.05, 4.69) is 10.2 Å². The largest absolute Gasteiger partial charge is 0.493 e. The molecular weight excluding hydrogens is 458 g/mol. The van der Waals surface area contributed by atoms with Crippen molar-refractivity contribution in [2.75, 3.05) is 20.8 Å².